The van der Waals surface area contributed by atoms with E-state index in [2.05, 4.69) is 51.2 Å². The summed E-state index contributed by atoms with van der Waals surface area (Å²) in [5.74, 6) is 0.908. The molecule has 5 aromatic rings. The summed E-state index contributed by atoms with van der Waals surface area (Å²) in [6.07, 6.45) is 3.88. The van der Waals surface area contributed by atoms with E-state index in [1.807, 2.05) is 60.4 Å². The van der Waals surface area contributed by atoms with Gasteiger partial charge in [-0.2, -0.15) is 0 Å². The number of nitrogens with zero attached hydrogens (tertiary/aromatic N) is 3. The van der Waals surface area contributed by atoms with Crippen LogP contribution in [0.2, 0.25) is 0 Å². The Morgan fingerprint density at radius 1 is 0.833 bits per heavy atom. The lowest BCUT2D eigenvalue weighted by atomic mass is 10.0. The lowest BCUT2D eigenvalue weighted by Crippen LogP contribution is -1.91. The highest BCUT2D eigenvalue weighted by Gasteiger charge is 2.14. The fourth-order valence-electron chi connectivity index (χ4n) is 3.62. The number of hydrogen-bond acceptors (Lipinski definition) is 3. The third-order valence-electron chi connectivity index (χ3n) is 5.16. The molecule has 0 aliphatic carbocycles. The van der Waals surface area contributed by atoms with E-state index in [1.54, 1.807) is 6.07 Å². The summed E-state index contributed by atoms with van der Waals surface area (Å²) < 4.78 is 2.82. The number of aromatic nitrogens is 3. The van der Waals surface area contributed by atoms with Gasteiger partial charge in [0.1, 0.15) is 11.6 Å². The molecular weight excluding hydrogens is 438 g/mol. The van der Waals surface area contributed by atoms with Gasteiger partial charge < -0.3 is 9.67 Å². The zero-order valence-corrected chi connectivity index (χ0v) is 17.8. The highest BCUT2D eigenvalue weighted by Crippen LogP contribution is 2.33. The molecule has 0 aliphatic rings. The minimum Gasteiger partial charge on any atom is -0.507 e. The van der Waals surface area contributed by atoms with Crippen LogP contribution in [0.4, 0.5) is 0 Å². The Labute approximate surface area is 182 Å². The van der Waals surface area contributed by atoms with E-state index in [9.17, 15) is 5.11 Å². The minimum absolute atomic E-state index is 0.201. The van der Waals surface area contributed by atoms with Gasteiger partial charge in [0.05, 0.1) is 17.0 Å². The van der Waals surface area contributed by atoms with Gasteiger partial charge >= 0.3 is 0 Å². The molecule has 30 heavy (non-hydrogen) atoms. The molecular formula is C25H18BrN3O. The topological polar surface area (TPSA) is 50.9 Å². The van der Waals surface area contributed by atoms with Crippen molar-refractivity contribution in [2.24, 2.45) is 7.05 Å². The molecule has 1 N–H and O–H groups in total. The van der Waals surface area contributed by atoms with E-state index in [4.69, 9.17) is 4.98 Å². The van der Waals surface area contributed by atoms with E-state index in [1.165, 1.54) is 0 Å². The van der Waals surface area contributed by atoms with Gasteiger partial charge in [0, 0.05) is 40.4 Å². The molecule has 0 fully saturated rings. The number of imidazole rings is 1. The molecule has 0 radical (unpaired) electrons. The number of hydrogen-bond donors (Lipinski definition) is 1. The zero-order chi connectivity index (χ0) is 20.7. The highest BCUT2D eigenvalue weighted by atomic mass is 79.9. The number of fused-ring (bicyclic) bond motifs is 1. The van der Waals surface area contributed by atoms with Crippen molar-refractivity contribution in [1.29, 1.82) is 0 Å². The van der Waals surface area contributed by atoms with Crippen LogP contribution in [0, 0.1) is 0 Å². The fraction of sp³-hybridized carbons (Fsp3) is 0.0400. The maximum Gasteiger partial charge on any atom is 0.144 e. The third-order valence-corrected chi connectivity index (χ3v) is 5.65. The number of aromatic hydroxyl groups is 1. The second-order valence-corrected chi connectivity index (χ2v) is 8.14. The van der Waals surface area contributed by atoms with Gasteiger partial charge in [-0.3, -0.25) is 4.98 Å². The molecule has 0 spiro atoms. The summed E-state index contributed by atoms with van der Waals surface area (Å²) in [6.45, 7) is 0. The monoisotopic (exact) mass is 455 g/mol. The summed E-state index contributed by atoms with van der Waals surface area (Å²) in [5, 5.41) is 12.6. The molecule has 146 valence electrons. The Morgan fingerprint density at radius 2 is 1.60 bits per heavy atom. The minimum atomic E-state index is 0.201. The van der Waals surface area contributed by atoms with Gasteiger partial charge in [-0.1, -0.05) is 58.4 Å². The van der Waals surface area contributed by atoms with Crippen molar-refractivity contribution in [3.05, 3.63) is 89.7 Å². The Bertz CT molecular complexity index is 1390. The van der Waals surface area contributed by atoms with Crippen LogP contribution >= 0.6 is 15.9 Å². The van der Waals surface area contributed by atoms with E-state index in [0.717, 1.165) is 37.8 Å². The smallest absolute Gasteiger partial charge is 0.144 e. The van der Waals surface area contributed by atoms with Crippen LogP contribution in [0.3, 0.4) is 0 Å². The van der Waals surface area contributed by atoms with E-state index in [0.29, 0.717) is 11.4 Å². The first-order valence-corrected chi connectivity index (χ1v) is 10.4. The summed E-state index contributed by atoms with van der Waals surface area (Å²) in [7, 11) is 1.93. The largest absolute Gasteiger partial charge is 0.507 e. The number of aryl methyl sites for hydroxylation is 1. The summed E-state index contributed by atoms with van der Waals surface area (Å²) in [5.41, 5.74) is 4.49. The van der Waals surface area contributed by atoms with Gasteiger partial charge in [0.15, 0.2) is 0 Å². The molecule has 3 aromatic carbocycles. The Balaban J connectivity index is 1.56. The number of pyridine rings is 1. The molecule has 0 amide bonds. The van der Waals surface area contributed by atoms with Crippen molar-refractivity contribution in [2.75, 3.05) is 0 Å². The SMILES string of the molecule is Cn1cc(-c2cccc(-c3cc4ccccc4cn3)c2)nc1-c1cc(Br)ccc1O. The second-order valence-electron chi connectivity index (χ2n) is 7.22. The number of phenolic OH excluding ortho intramolecular Hbond substituents is 1. The lowest BCUT2D eigenvalue weighted by Gasteiger charge is -2.05. The average Bonchev–Trinajstić information content (AvgIpc) is 3.16. The zero-order valence-electron chi connectivity index (χ0n) is 16.2. The van der Waals surface area contributed by atoms with Crippen molar-refractivity contribution in [2.45, 2.75) is 0 Å². The second kappa shape index (κ2) is 7.43. The van der Waals surface area contributed by atoms with Crippen molar-refractivity contribution in [3.8, 4) is 39.7 Å². The molecule has 0 unspecified atom stereocenters. The van der Waals surface area contributed by atoms with Crippen molar-refractivity contribution >= 4 is 26.7 Å². The Kier molecular flexibility index (Phi) is 4.60. The third kappa shape index (κ3) is 3.37. The van der Waals surface area contributed by atoms with Crippen LogP contribution in [-0.4, -0.2) is 19.6 Å². The van der Waals surface area contributed by atoms with Crippen LogP contribution in [0.5, 0.6) is 5.75 Å². The first kappa shape index (κ1) is 18.6. The fourth-order valence-corrected chi connectivity index (χ4v) is 3.98. The molecule has 0 saturated heterocycles. The average molecular weight is 456 g/mol. The van der Waals surface area contributed by atoms with Crippen LogP contribution in [0.1, 0.15) is 0 Å². The molecule has 2 aromatic heterocycles. The van der Waals surface area contributed by atoms with Crippen LogP contribution in [0.25, 0.3) is 44.7 Å². The number of rotatable bonds is 3. The van der Waals surface area contributed by atoms with Crippen LogP contribution < -0.4 is 0 Å². The van der Waals surface area contributed by atoms with Gasteiger partial charge in [0.25, 0.3) is 0 Å². The number of halogens is 1. The summed E-state index contributed by atoms with van der Waals surface area (Å²) >= 11 is 3.47. The van der Waals surface area contributed by atoms with Gasteiger partial charge in [-0.25, -0.2) is 4.98 Å². The molecule has 2 heterocycles. The number of benzene rings is 3. The van der Waals surface area contributed by atoms with Crippen LogP contribution in [0.15, 0.2) is 89.7 Å². The summed E-state index contributed by atoms with van der Waals surface area (Å²) in [6, 6.07) is 23.9. The van der Waals surface area contributed by atoms with Gasteiger partial charge in [0.2, 0.25) is 0 Å². The van der Waals surface area contributed by atoms with Gasteiger partial charge in [-0.15, -0.1) is 0 Å². The van der Waals surface area contributed by atoms with Crippen molar-refractivity contribution in [1.82, 2.24) is 14.5 Å². The van der Waals surface area contributed by atoms with E-state index >= 15 is 0 Å². The molecule has 5 rings (SSSR count). The molecule has 5 heteroatoms. The normalized spacial score (nSPS) is 11.1. The quantitative estimate of drug-likeness (QED) is 0.340. The van der Waals surface area contributed by atoms with Crippen molar-refractivity contribution in [3.63, 3.8) is 0 Å². The first-order valence-electron chi connectivity index (χ1n) is 9.56. The van der Waals surface area contributed by atoms with Crippen molar-refractivity contribution < 1.29 is 5.11 Å². The Hall–Kier alpha value is -3.44. The predicted octanol–water partition coefficient (Wildman–Crippen LogP) is 6.44. The molecule has 0 aliphatic heterocycles. The maximum absolute atomic E-state index is 10.3. The molecule has 0 bridgehead atoms. The standard InChI is InChI=1S/C25H18BrN3O/c1-29-15-23(28-25(29)21-13-20(26)9-10-24(21)30)18-8-4-7-17(11-18)22-12-16-5-2-3-6-19(16)14-27-22/h2-15,30H,1H3. The number of phenols is 1. The van der Waals surface area contributed by atoms with E-state index < -0.39 is 0 Å². The van der Waals surface area contributed by atoms with Gasteiger partial charge in [-0.05, 0) is 35.7 Å². The molecule has 4 nitrogen and oxygen atoms in total. The maximum atomic E-state index is 10.3. The lowest BCUT2D eigenvalue weighted by molar-refractivity contribution is 0.476. The highest BCUT2D eigenvalue weighted by molar-refractivity contribution is 9.10. The predicted molar refractivity (Wildman–Crippen MR) is 124 cm³/mol. The van der Waals surface area contributed by atoms with Crippen LogP contribution in [-0.2, 0) is 7.05 Å². The summed E-state index contributed by atoms with van der Waals surface area (Å²) in [4.78, 5) is 9.44. The van der Waals surface area contributed by atoms with E-state index in [-0.39, 0.29) is 5.75 Å². The Morgan fingerprint density at radius 3 is 2.43 bits per heavy atom. The first-order chi connectivity index (χ1) is 14.6. The molecule has 0 atom stereocenters. The molecule has 0 saturated carbocycles.